The van der Waals surface area contributed by atoms with Gasteiger partial charge in [-0.2, -0.15) is 0 Å². The van der Waals surface area contributed by atoms with Crippen LogP contribution in [0.2, 0.25) is 0 Å². The van der Waals surface area contributed by atoms with E-state index in [9.17, 15) is 30.0 Å². The van der Waals surface area contributed by atoms with Crippen molar-refractivity contribution in [1.29, 1.82) is 0 Å². The molecule has 2 aliphatic rings. The number of esters is 1. The zero-order chi connectivity index (χ0) is 28.3. The molecule has 0 amide bonds. The second-order valence-electron chi connectivity index (χ2n) is 11.6. The third-order valence-corrected chi connectivity index (χ3v) is 7.21. The topological polar surface area (TPSA) is 147 Å². The summed E-state index contributed by atoms with van der Waals surface area (Å²) in [6.07, 6.45) is 4.31. The molecule has 9 heteroatoms. The van der Waals surface area contributed by atoms with E-state index in [-0.39, 0.29) is 42.7 Å². The number of nitrogens with zero attached hydrogens (tertiary/aromatic N) is 1. The van der Waals surface area contributed by atoms with E-state index in [1.807, 2.05) is 26.0 Å². The minimum atomic E-state index is -1.35. The first-order chi connectivity index (χ1) is 17.2. The Kier molecular flexibility index (Phi) is 14.0. The Balaban J connectivity index is 0.000000856. The monoisotopic (exact) mass is 527 g/mol. The van der Waals surface area contributed by atoms with Crippen LogP contribution < -0.4 is 5.11 Å². The lowest BCUT2D eigenvalue weighted by Gasteiger charge is -2.43. The Bertz CT molecular complexity index is 775. The molecule has 0 unspecified atom stereocenters. The molecule has 2 rings (SSSR count). The highest BCUT2D eigenvalue weighted by molar-refractivity contribution is 5.72. The molecule has 2 aliphatic carbocycles. The average Bonchev–Trinajstić information content (AvgIpc) is 2.76. The number of hydrogen-bond donors (Lipinski definition) is 4. The molecule has 8 atom stereocenters. The fraction of sp³-hybridized carbons (Fsp3) is 0.786. The number of aliphatic hydroxyl groups excluding tert-OH is 4. The number of fused-ring (bicyclic) bond motifs is 1. The van der Waals surface area contributed by atoms with Gasteiger partial charge in [-0.25, -0.2) is 0 Å². The SMILES string of the molecule is CC[C@H](C)C(=O)O[C@H]1C[C@H](O)C=C2C=C[C@H](C)[C@H](CC[C@@H](O)C[C@@H](O)CC(=O)[O-])[C@H]21.C[N+](C)(C)CCO. The molecule has 0 fully saturated rings. The van der Waals surface area contributed by atoms with E-state index in [1.54, 1.807) is 0 Å². The smallest absolute Gasteiger partial charge is 0.308 e. The number of quaternary nitrogens is 1. The minimum Gasteiger partial charge on any atom is -0.550 e. The number of hydrogen-bond acceptors (Lipinski definition) is 8. The summed E-state index contributed by atoms with van der Waals surface area (Å²) in [5.41, 5.74) is 0.949. The molecule has 0 aromatic carbocycles. The zero-order valence-electron chi connectivity index (χ0n) is 23.4. The van der Waals surface area contributed by atoms with Gasteiger partial charge >= 0.3 is 5.97 Å². The van der Waals surface area contributed by atoms with Crippen LogP contribution in [0.1, 0.15) is 59.3 Å². The molecular weight excluding hydrogens is 478 g/mol. The molecule has 37 heavy (non-hydrogen) atoms. The molecule has 4 N–H and O–H groups in total. The summed E-state index contributed by atoms with van der Waals surface area (Å²) in [7, 11) is 6.16. The zero-order valence-corrected chi connectivity index (χ0v) is 23.4. The van der Waals surface area contributed by atoms with Crippen molar-refractivity contribution in [3.8, 4) is 0 Å². The van der Waals surface area contributed by atoms with Crippen molar-refractivity contribution in [3.63, 3.8) is 0 Å². The number of aliphatic carboxylic acids is 1. The highest BCUT2D eigenvalue weighted by Gasteiger charge is 2.42. The Morgan fingerprint density at radius 2 is 1.86 bits per heavy atom. The number of ether oxygens (including phenoxy) is 1. The summed E-state index contributed by atoms with van der Waals surface area (Å²) < 4.78 is 6.67. The van der Waals surface area contributed by atoms with E-state index in [0.717, 1.165) is 16.6 Å². The molecule has 0 aromatic rings. The summed E-state index contributed by atoms with van der Waals surface area (Å²) in [6.45, 7) is 6.95. The molecule has 9 nitrogen and oxygen atoms in total. The van der Waals surface area contributed by atoms with Gasteiger partial charge in [0.2, 0.25) is 0 Å². The fourth-order valence-electron chi connectivity index (χ4n) is 4.81. The number of carboxylic acids is 1. The number of likely N-dealkylation sites (N-methyl/N-ethyl adjacent to an activating group) is 1. The van der Waals surface area contributed by atoms with Crippen molar-refractivity contribution in [2.24, 2.45) is 23.7 Å². The molecule has 0 aromatic heterocycles. The van der Waals surface area contributed by atoms with E-state index in [4.69, 9.17) is 9.84 Å². The van der Waals surface area contributed by atoms with Gasteiger partial charge in [0.1, 0.15) is 12.6 Å². The largest absolute Gasteiger partial charge is 0.550 e. The summed E-state index contributed by atoms with van der Waals surface area (Å²) in [5, 5.41) is 49.2. The van der Waals surface area contributed by atoms with E-state index in [2.05, 4.69) is 34.1 Å². The molecular formula is C28H49NO8. The van der Waals surface area contributed by atoms with Gasteiger partial charge in [0.05, 0.1) is 52.0 Å². The first kappa shape index (κ1) is 33.2. The Morgan fingerprint density at radius 3 is 2.38 bits per heavy atom. The number of aliphatic hydroxyl groups is 4. The summed E-state index contributed by atoms with van der Waals surface area (Å²) in [5.74, 6) is -1.60. The lowest BCUT2D eigenvalue weighted by molar-refractivity contribution is -0.870. The van der Waals surface area contributed by atoms with Crippen molar-refractivity contribution in [1.82, 2.24) is 0 Å². The first-order valence-corrected chi connectivity index (χ1v) is 13.4. The fourth-order valence-corrected chi connectivity index (χ4v) is 4.81. The van der Waals surface area contributed by atoms with Crippen LogP contribution in [0.25, 0.3) is 0 Å². The number of rotatable bonds is 12. The van der Waals surface area contributed by atoms with Gasteiger partial charge in [0.15, 0.2) is 0 Å². The highest BCUT2D eigenvalue weighted by Crippen LogP contribution is 2.44. The van der Waals surface area contributed by atoms with Crippen molar-refractivity contribution in [3.05, 3.63) is 23.8 Å². The van der Waals surface area contributed by atoms with Gasteiger partial charge < -0.3 is 39.5 Å². The Morgan fingerprint density at radius 1 is 1.22 bits per heavy atom. The summed E-state index contributed by atoms with van der Waals surface area (Å²) in [4.78, 5) is 23.0. The minimum absolute atomic E-state index is 0.0244. The number of carbonyl (C=O) groups is 2. The maximum atomic E-state index is 12.4. The van der Waals surface area contributed by atoms with Gasteiger partial charge in [-0.05, 0) is 43.1 Å². The predicted octanol–water partition coefficient (Wildman–Crippen LogP) is 0.791. The van der Waals surface area contributed by atoms with Crippen molar-refractivity contribution in [2.75, 3.05) is 34.3 Å². The van der Waals surface area contributed by atoms with Crippen LogP contribution in [0, 0.1) is 23.7 Å². The Hall–Kier alpha value is -1.78. The van der Waals surface area contributed by atoms with Crippen LogP contribution in [0.4, 0.5) is 0 Å². The van der Waals surface area contributed by atoms with E-state index >= 15 is 0 Å². The van der Waals surface area contributed by atoms with E-state index < -0.39 is 36.8 Å². The number of carbonyl (C=O) groups excluding carboxylic acids is 2. The lowest BCUT2D eigenvalue weighted by Crippen LogP contribution is -2.43. The van der Waals surface area contributed by atoms with Crippen molar-refractivity contribution in [2.45, 2.75) is 83.7 Å². The number of allylic oxidation sites excluding steroid dienone is 2. The van der Waals surface area contributed by atoms with E-state index in [1.165, 1.54) is 0 Å². The molecule has 0 saturated heterocycles. The number of carboxylic acid groups (broad SMARTS) is 1. The lowest BCUT2D eigenvalue weighted by atomic mass is 9.66. The molecule has 214 valence electrons. The third-order valence-electron chi connectivity index (χ3n) is 7.21. The predicted molar refractivity (Wildman–Crippen MR) is 139 cm³/mol. The van der Waals surface area contributed by atoms with Crippen LogP contribution in [-0.4, -0.2) is 95.6 Å². The van der Waals surface area contributed by atoms with Crippen molar-refractivity contribution >= 4 is 11.9 Å². The molecule has 0 saturated carbocycles. The summed E-state index contributed by atoms with van der Waals surface area (Å²) in [6, 6.07) is 0. The van der Waals surface area contributed by atoms with Crippen molar-refractivity contribution < 1.29 is 44.3 Å². The molecule has 0 heterocycles. The normalized spacial score (nSPS) is 27.6. The second-order valence-corrected chi connectivity index (χ2v) is 11.6. The molecule has 0 bridgehead atoms. The van der Waals surface area contributed by atoms with Crippen LogP contribution in [-0.2, 0) is 14.3 Å². The second kappa shape index (κ2) is 15.6. The van der Waals surface area contributed by atoms with Gasteiger partial charge in [-0.3, -0.25) is 4.79 Å². The molecule has 0 radical (unpaired) electrons. The average molecular weight is 528 g/mol. The maximum Gasteiger partial charge on any atom is 0.308 e. The third kappa shape index (κ3) is 12.1. The maximum absolute atomic E-state index is 12.4. The standard InChI is InChI=1S/C23H36O7.C5H14NO/c1-4-13(2)23(29)30-20-11-17(25)9-15-6-5-14(3)19(22(15)20)8-7-16(24)10-18(26)12-21(27)28;1-6(2,3)4-5-7/h5-6,9,13-14,16-20,22,24-26H,4,7-8,10-12H2,1-3H3,(H,27,28);7H,4-5H2,1-3H3/q;+1/p-1/t13-,14-,16+,17+,18+,19-,20-,22-;/m0./s1. The Labute approximate surface area is 222 Å². The van der Waals surface area contributed by atoms with Crippen LogP contribution in [0.5, 0.6) is 0 Å². The van der Waals surface area contributed by atoms with Crippen LogP contribution >= 0.6 is 0 Å². The van der Waals surface area contributed by atoms with Crippen LogP contribution in [0.15, 0.2) is 23.8 Å². The quantitative estimate of drug-likeness (QED) is 0.215. The summed E-state index contributed by atoms with van der Waals surface area (Å²) >= 11 is 0. The van der Waals surface area contributed by atoms with Gasteiger partial charge in [0.25, 0.3) is 0 Å². The molecule has 0 aliphatic heterocycles. The van der Waals surface area contributed by atoms with Crippen LogP contribution in [0.3, 0.4) is 0 Å². The first-order valence-electron chi connectivity index (χ1n) is 13.4. The van der Waals surface area contributed by atoms with Gasteiger partial charge in [-0.15, -0.1) is 0 Å². The van der Waals surface area contributed by atoms with E-state index in [0.29, 0.717) is 25.7 Å². The van der Waals surface area contributed by atoms with Gasteiger partial charge in [0, 0.05) is 24.7 Å². The molecule has 0 spiro atoms. The highest BCUT2D eigenvalue weighted by atomic mass is 16.5. The van der Waals surface area contributed by atoms with Gasteiger partial charge in [-0.1, -0.05) is 39.0 Å².